The highest BCUT2D eigenvalue weighted by atomic mass is 35.5. The SMILES string of the molecule is CCOc1ccc(C2NNCC2CNS(=O)(=O)Cc2ccccc2Cl)cc1. The first-order chi connectivity index (χ1) is 13.0. The molecule has 1 aliphatic rings. The Kier molecular flexibility index (Phi) is 6.73. The summed E-state index contributed by atoms with van der Waals surface area (Å²) in [5, 5.41) is 0.458. The Morgan fingerprint density at radius 1 is 1.19 bits per heavy atom. The van der Waals surface area contributed by atoms with E-state index in [0.29, 0.717) is 30.3 Å². The third-order valence-electron chi connectivity index (χ3n) is 4.51. The van der Waals surface area contributed by atoms with Gasteiger partial charge in [-0.15, -0.1) is 0 Å². The summed E-state index contributed by atoms with van der Waals surface area (Å²) in [7, 11) is -3.47. The molecule has 0 amide bonds. The summed E-state index contributed by atoms with van der Waals surface area (Å²) in [4.78, 5) is 0. The normalized spacial score (nSPS) is 19.9. The fourth-order valence-corrected chi connectivity index (χ4v) is 4.64. The van der Waals surface area contributed by atoms with Crippen LogP contribution in [0.1, 0.15) is 24.1 Å². The first-order valence-electron chi connectivity index (χ1n) is 8.90. The number of benzene rings is 2. The van der Waals surface area contributed by atoms with Gasteiger partial charge in [0.15, 0.2) is 0 Å². The van der Waals surface area contributed by atoms with E-state index < -0.39 is 10.0 Å². The molecule has 0 aliphatic carbocycles. The molecule has 0 saturated carbocycles. The molecule has 27 heavy (non-hydrogen) atoms. The third-order valence-corrected chi connectivity index (χ3v) is 6.18. The van der Waals surface area contributed by atoms with Gasteiger partial charge in [0.2, 0.25) is 10.0 Å². The molecule has 8 heteroatoms. The number of hydrazine groups is 1. The first kappa shape index (κ1) is 20.1. The molecule has 0 bridgehead atoms. The van der Waals surface area contributed by atoms with Gasteiger partial charge in [0.05, 0.1) is 18.4 Å². The minimum atomic E-state index is -3.47. The highest BCUT2D eigenvalue weighted by molar-refractivity contribution is 7.88. The molecule has 1 fully saturated rings. The molecule has 1 aliphatic heterocycles. The Morgan fingerprint density at radius 2 is 1.93 bits per heavy atom. The second kappa shape index (κ2) is 9.03. The van der Waals surface area contributed by atoms with E-state index in [0.717, 1.165) is 11.3 Å². The van der Waals surface area contributed by atoms with Crippen LogP contribution in [0.5, 0.6) is 5.75 Å². The third kappa shape index (κ3) is 5.43. The van der Waals surface area contributed by atoms with Gasteiger partial charge in [-0.1, -0.05) is 41.9 Å². The fourth-order valence-electron chi connectivity index (χ4n) is 3.12. The first-order valence-corrected chi connectivity index (χ1v) is 10.9. The molecule has 2 unspecified atom stereocenters. The van der Waals surface area contributed by atoms with E-state index in [1.165, 1.54) is 0 Å². The lowest BCUT2D eigenvalue weighted by Gasteiger charge is -2.20. The molecule has 3 N–H and O–H groups in total. The van der Waals surface area contributed by atoms with Crippen molar-refractivity contribution in [3.05, 3.63) is 64.7 Å². The van der Waals surface area contributed by atoms with Gasteiger partial charge in [0.1, 0.15) is 5.75 Å². The largest absolute Gasteiger partial charge is 0.494 e. The van der Waals surface area contributed by atoms with E-state index in [1.807, 2.05) is 31.2 Å². The number of nitrogens with one attached hydrogen (secondary N) is 3. The van der Waals surface area contributed by atoms with Crippen LogP contribution in [0.2, 0.25) is 5.02 Å². The smallest absolute Gasteiger partial charge is 0.215 e. The van der Waals surface area contributed by atoms with E-state index in [2.05, 4.69) is 15.6 Å². The van der Waals surface area contributed by atoms with E-state index in [-0.39, 0.29) is 17.7 Å². The molecule has 0 aromatic heterocycles. The Balaban J connectivity index is 1.61. The minimum absolute atomic E-state index is 0.0173. The second-order valence-electron chi connectivity index (χ2n) is 6.46. The lowest BCUT2D eigenvalue weighted by atomic mass is 9.95. The van der Waals surface area contributed by atoms with Crippen molar-refractivity contribution in [2.45, 2.75) is 18.7 Å². The lowest BCUT2D eigenvalue weighted by Crippen LogP contribution is -2.33. The summed E-state index contributed by atoms with van der Waals surface area (Å²) in [6, 6.07) is 14.9. The van der Waals surface area contributed by atoms with Crippen LogP contribution in [-0.2, 0) is 15.8 Å². The van der Waals surface area contributed by atoms with Gasteiger partial charge in [-0.2, -0.15) is 0 Å². The van der Waals surface area contributed by atoms with Crippen molar-refractivity contribution in [2.75, 3.05) is 19.7 Å². The number of hydrogen-bond acceptors (Lipinski definition) is 5. The highest BCUT2D eigenvalue weighted by Gasteiger charge is 2.29. The van der Waals surface area contributed by atoms with Crippen molar-refractivity contribution in [3.8, 4) is 5.75 Å². The van der Waals surface area contributed by atoms with Crippen LogP contribution in [0, 0.1) is 5.92 Å². The molecule has 1 saturated heterocycles. The summed E-state index contributed by atoms with van der Waals surface area (Å²) in [5.41, 5.74) is 8.02. The van der Waals surface area contributed by atoms with E-state index >= 15 is 0 Å². The Hall–Kier alpha value is -1.64. The average Bonchev–Trinajstić information content (AvgIpc) is 3.12. The van der Waals surface area contributed by atoms with Gasteiger partial charge in [-0.3, -0.25) is 5.43 Å². The number of hydrogen-bond donors (Lipinski definition) is 3. The summed E-state index contributed by atoms with van der Waals surface area (Å²) in [5.74, 6) is 0.779. The molecule has 2 atom stereocenters. The van der Waals surface area contributed by atoms with Crippen molar-refractivity contribution >= 4 is 21.6 Å². The quantitative estimate of drug-likeness (QED) is 0.624. The zero-order valence-electron chi connectivity index (χ0n) is 15.1. The predicted octanol–water partition coefficient (Wildman–Crippen LogP) is 2.62. The van der Waals surface area contributed by atoms with Crippen molar-refractivity contribution in [1.82, 2.24) is 15.6 Å². The van der Waals surface area contributed by atoms with Crippen LogP contribution in [0.3, 0.4) is 0 Å². The Labute approximate surface area is 165 Å². The molecular weight excluding hydrogens is 386 g/mol. The topological polar surface area (TPSA) is 79.5 Å². The van der Waals surface area contributed by atoms with Gasteiger partial charge in [-0.25, -0.2) is 18.6 Å². The van der Waals surface area contributed by atoms with Crippen LogP contribution >= 0.6 is 11.6 Å². The van der Waals surface area contributed by atoms with Crippen molar-refractivity contribution < 1.29 is 13.2 Å². The molecule has 6 nitrogen and oxygen atoms in total. The summed E-state index contributed by atoms with van der Waals surface area (Å²) >= 11 is 6.07. The maximum absolute atomic E-state index is 12.4. The highest BCUT2D eigenvalue weighted by Crippen LogP contribution is 2.26. The van der Waals surface area contributed by atoms with Crippen molar-refractivity contribution in [2.24, 2.45) is 5.92 Å². The molecule has 2 aromatic carbocycles. The summed E-state index contributed by atoms with van der Waals surface area (Å²) < 4.78 is 33.1. The zero-order chi connectivity index (χ0) is 19.3. The van der Waals surface area contributed by atoms with Gasteiger partial charge in [-0.05, 0) is 36.2 Å². The van der Waals surface area contributed by atoms with Gasteiger partial charge in [0, 0.05) is 24.0 Å². The number of ether oxygens (including phenoxy) is 1. The molecule has 1 heterocycles. The maximum atomic E-state index is 12.4. The van der Waals surface area contributed by atoms with E-state index in [9.17, 15) is 8.42 Å². The van der Waals surface area contributed by atoms with Crippen LogP contribution in [0.15, 0.2) is 48.5 Å². The molecular formula is C19H24ClN3O3S. The van der Waals surface area contributed by atoms with E-state index in [4.69, 9.17) is 16.3 Å². The fraction of sp³-hybridized carbons (Fsp3) is 0.368. The maximum Gasteiger partial charge on any atom is 0.215 e. The van der Waals surface area contributed by atoms with Crippen molar-refractivity contribution in [3.63, 3.8) is 0 Å². The molecule has 0 radical (unpaired) electrons. The Morgan fingerprint density at radius 3 is 2.63 bits per heavy atom. The van der Waals surface area contributed by atoms with Gasteiger partial charge >= 0.3 is 0 Å². The second-order valence-corrected chi connectivity index (χ2v) is 8.68. The van der Waals surface area contributed by atoms with Crippen LogP contribution in [0.4, 0.5) is 0 Å². The molecule has 146 valence electrons. The summed E-state index contributed by atoms with van der Waals surface area (Å²) in [6.45, 7) is 3.58. The van der Waals surface area contributed by atoms with Crippen LogP contribution in [-0.4, -0.2) is 28.1 Å². The van der Waals surface area contributed by atoms with Crippen LogP contribution in [0.25, 0.3) is 0 Å². The van der Waals surface area contributed by atoms with Crippen LogP contribution < -0.4 is 20.3 Å². The Bertz CT molecular complexity index is 859. The van der Waals surface area contributed by atoms with Gasteiger partial charge in [0.25, 0.3) is 0 Å². The molecule has 3 rings (SSSR count). The molecule has 0 spiro atoms. The average molecular weight is 410 g/mol. The molecule has 2 aromatic rings. The van der Waals surface area contributed by atoms with E-state index in [1.54, 1.807) is 24.3 Å². The zero-order valence-corrected chi connectivity index (χ0v) is 16.7. The lowest BCUT2D eigenvalue weighted by molar-refractivity contribution is 0.340. The predicted molar refractivity (Wildman–Crippen MR) is 107 cm³/mol. The van der Waals surface area contributed by atoms with Crippen molar-refractivity contribution in [1.29, 1.82) is 0 Å². The number of rotatable bonds is 8. The summed E-state index contributed by atoms with van der Waals surface area (Å²) in [6.07, 6.45) is 0. The minimum Gasteiger partial charge on any atom is -0.494 e. The number of halogens is 1. The van der Waals surface area contributed by atoms with Gasteiger partial charge < -0.3 is 4.74 Å². The monoisotopic (exact) mass is 409 g/mol. The number of sulfonamides is 1. The standard InChI is InChI=1S/C19H24ClN3O3S/c1-2-26-17-9-7-14(8-10-17)19-16(11-21-23-19)12-22-27(24,25)13-15-5-3-4-6-18(15)20/h3-10,16,19,21-23H,2,11-13H2,1H3.